The molecule has 0 aromatic rings. The summed E-state index contributed by atoms with van der Waals surface area (Å²) in [5.74, 6) is -0.832. The first kappa shape index (κ1) is 13.0. The Balaban J connectivity index is 0. The van der Waals surface area contributed by atoms with Gasteiger partial charge in [-0.2, -0.15) is 0 Å². The van der Waals surface area contributed by atoms with E-state index < -0.39 is 11.8 Å². The van der Waals surface area contributed by atoms with Crippen LogP contribution in [0.3, 0.4) is 0 Å². The van der Waals surface area contributed by atoms with Gasteiger partial charge in [0.15, 0.2) is 0 Å². The lowest BCUT2D eigenvalue weighted by Gasteiger charge is -1.84. The fourth-order valence-electron chi connectivity index (χ4n) is 0.399. The van der Waals surface area contributed by atoms with E-state index >= 15 is 0 Å². The molecule has 4 nitrogen and oxygen atoms in total. The van der Waals surface area contributed by atoms with E-state index in [0.29, 0.717) is 0 Å². The van der Waals surface area contributed by atoms with Crippen molar-refractivity contribution >= 4 is 11.8 Å². The molecule has 0 heterocycles. The van der Waals surface area contributed by atoms with Gasteiger partial charge in [-0.15, -0.1) is 13.2 Å². The Hall–Kier alpha value is -1.58. The molecule has 4 N–H and O–H groups in total. The van der Waals surface area contributed by atoms with Gasteiger partial charge < -0.3 is 11.5 Å². The lowest BCUT2D eigenvalue weighted by molar-refractivity contribution is -0.118. The molecule has 0 fully saturated rings. The molecule has 68 valence electrons. The number of carbonyl (C=O) groups excluding carboxylic acids is 2. The Morgan fingerprint density at radius 1 is 1.00 bits per heavy atom. The molecule has 0 rings (SSSR count). The van der Waals surface area contributed by atoms with Crippen molar-refractivity contribution < 1.29 is 9.59 Å². The second-order valence-electron chi connectivity index (χ2n) is 1.81. The van der Waals surface area contributed by atoms with Crippen LogP contribution in [0.4, 0.5) is 0 Å². The van der Waals surface area contributed by atoms with Gasteiger partial charge in [-0.3, -0.25) is 9.59 Å². The second-order valence-corrected chi connectivity index (χ2v) is 1.81. The highest BCUT2D eigenvalue weighted by atomic mass is 16.1. The van der Waals surface area contributed by atoms with Gasteiger partial charge >= 0.3 is 0 Å². The molecule has 4 heteroatoms. The molecule has 0 saturated heterocycles. The van der Waals surface area contributed by atoms with Gasteiger partial charge in [0.05, 0.1) is 0 Å². The van der Waals surface area contributed by atoms with Crippen LogP contribution in [0, 0.1) is 0 Å². The number of hydrogen-bond donors (Lipinski definition) is 2. The summed E-state index contributed by atoms with van der Waals surface area (Å²) >= 11 is 0. The van der Waals surface area contributed by atoms with Crippen molar-refractivity contribution in [2.75, 3.05) is 0 Å². The van der Waals surface area contributed by atoms with Crippen LogP contribution in [0.15, 0.2) is 25.3 Å². The van der Waals surface area contributed by atoms with Crippen molar-refractivity contribution in [2.45, 2.75) is 12.8 Å². The zero-order valence-corrected chi connectivity index (χ0v) is 6.95. The van der Waals surface area contributed by atoms with Gasteiger partial charge in [-0.1, -0.05) is 12.2 Å². The highest BCUT2D eigenvalue weighted by Gasteiger charge is 1.88. The first-order chi connectivity index (χ1) is 5.63. The third-order valence-corrected chi connectivity index (χ3v) is 0.805. The summed E-state index contributed by atoms with van der Waals surface area (Å²) in [6.45, 7) is 6.00. The Kier molecular flexibility index (Phi) is 10.2. The van der Waals surface area contributed by atoms with Crippen LogP contribution >= 0.6 is 0 Å². The lowest BCUT2D eigenvalue weighted by atomic mass is 10.3. The zero-order valence-electron chi connectivity index (χ0n) is 6.95. The van der Waals surface area contributed by atoms with Gasteiger partial charge in [0.25, 0.3) is 0 Å². The van der Waals surface area contributed by atoms with E-state index in [9.17, 15) is 9.59 Å². The van der Waals surface area contributed by atoms with E-state index in [0.717, 1.165) is 0 Å². The zero-order chi connectivity index (χ0) is 9.98. The van der Waals surface area contributed by atoms with Gasteiger partial charge in [-0.25, -0.2) is 0 Å². The van der Waals surface area contributed by atoms with E-state index in [4.69, 9.17) is 11.5 Å². The molecule has 0 radical (unpaired) electrons. The summed E-state index contributed by atoms with van der Waals surface area (Å²) in [5, 5.41) is 0. The number of amides is 2. The normalized spacial score (nSPS) is 8.67. The topological polar surface area (TPSA) is 86.2 Å². The monoisotopic (exact) mass is 170 g/mol. The fourth-order valence-corrected chi connectivity index (χ4v) is 0.399. The molecule has 12 heavy (non-hydrogen) atoms. The summed E-state index contributed by atoms with van der Waals surface area (Å²) < 4.78 is 0. The van der Waals surface area contributed by atoms with Crippen molar-refractivity contribution in [3.8, 4) is 0 Å². The average molecular weight is 170 g/mol. The standard InChI is InChI=1S/C6H10N2O2.C2H4/c7-5(9)3-1-2-4-6(8)10;1-2/h1-2H,3-4H2,(H2,7,9)(H2,8,10);1-2H2/b2-1+;. The summed E-state index contributed by atoms with van der Waals surface area (Å²) in [4.78, 5) is 20.2. The maximum atomic E-state index is 10.1. The molecule has 0 unspecified atom stereocenters. The minimum absolute atomic E-state index is 0.160. The van der Waals surface area contributed by atoms with Crippen molar-refractivity contribution in [1.82, 2.24) is 0 Å². The van der Waals surface area contributed by atoms with Crippen LogP contribution in [0.5, 0.6) is 0 Å². The van der Waals surface area contributed by atoms with Gasteiger partial charge in [0, 0.05) is 12.8 Å². The molecule has 2 amide bonds. The quantitative estimate of drug-likeness (QED) is 0.586. The first-order valence-corrected chi connectivity index (χ1v) is 3.34. The van der Waals surface area contributed by atoms with Crippen molar-refractivity contribution in [3.63, 3.8) is 0 Å². The highest BCUT2D eigenvalue weighted by molar-refractivity contribution is 5.77. The Labute approximate surface area is 71.9 Å². The predicted molar refractivity (Wildman–Crippen MR) is 48.0 cm³/mol. The van der Waals surface area contributed by atoms with Crippen molar-refractivity contribution in [3.05, 3.63) is 25.3 Å². The van der Waals surface area contributed by atoms with Gasteiger partial charge in [-0.05, 0) is 0 Å². The Morgan fingerprint density at radius 3 is 1.42 bits per heavy atom. The number of primary amides is 2. The third-order valence-electron chi connectivity index (χ3n) is 0.805. The fraction of sp³-hybridized carbons (Fsp3) is 0.250. The van der Waals surface area contributed by atoms with Gasteiger partial charge in [0.2, 0.25) is 11.8 Å². The molecule has 0 aromatic heterocycles. The Morgan fingerprint density at radius 2 is 1.25 bits per heavy atom. The molecule has 0 aliphatic rings. The summed E-state index contributed by atoms with van der Waals surface area (Å²) in [6.07, 6.45) is 3.36. The van der Waals surface area contributed by atoms with Crippen LogP contribution in [-0.2, 0) is 9.59 Å². The van der Waals surface area contributed by atoms with Gasteiger partial charge in [0.1, 0.15) is 0 Å². The maximum Gasteiger partial charge on any atom is 0.221 e. The third kappa shape index (κ3) is 15.8. The molecule has 0 spiro atoms. The van der Waals surface area contributed by atoms with E-state index in [1.165, 1.54) is 12.2 Å². The van der Waals surface area contributed by atoms with Crippen LogP contribution in [-0.4, -0.2) is 11.8 Å². The largest absolute Gasteiger partial charge is 0.369 e. The lowest BCUT2D eigenvalue weighted by Crippen LogP contribution is -2.09. The van der Waals surface area contributed by atoms with E-state index in [1.54, 1.807) is 0 Å². The number of hydrogen-bond acceptors (Lipinski definition) is 2. The first-order valence-electron chi connectivity index (χ1n) is 3.34. The highest BCUT2D eigenvalue weighted by Crippen LogP contribution is 1.84. The molecular formula is C8H14N2O2. The molecule has 0 aliphatic heterocycles. The van der Waals surface area contributed by atoms with E-state index in [1.807, 2.05) is 0 Å². The summed E-state index contributed by atoms with van der Waals surface area (Å²) in [5.41, 5.74) is 9.61. The molecule has 0 aliphatic carbocycles. The van der Waals surface area contributed by atoms with Crippen LogP contribution in [0.2, 0.25) is 0 Å². The summed E-state index contributed by atoms with van der Waals surface area (Å²) in [7, 11) is 0. The second kappa shape index (κ2) is 9.42. The minimum Gasteiger partial charge on any atom is -0.369 e. The minimum atomic E-state index is -0.416. The van der Waals surface area contributed by atoms with Crippen molar-refractivity contribution in [2.24, 2.45) is 11.5 Å². The van der Waals surface area contributed by atoms with E-state index in [-0.39, 0.29) is 12.8 Å². The molecule has 0 bridgehead atoms. The predicted octanol–water partition coefficient (Wildman–Crippen LogP) is 0.0956. The molecule has 0 saturated carbocycles. The smallest absolute Gasteiger partial charge is 0.221 e. The Bertz CT molecular complexity index is 158. The number of rotatable bonds is 4. The summed E-state index contributed by atoms with van der Waals surface area (Å²) in [6, 6.07) is 0. The number of nitrogens with two attached hydrogens (primary N) is 2. The maximum absolute atomic E-state index is 10.1. The molecule has 0 aromatic carbocycles. The molecular weight excluding hydrogens is 156 g/mol. The average Bonchev–Trinajstić information content (AvgIpc) is 2.02. The van der Waals surface area contributed by atoms with E-state index in [2.05, 4.69) is 13.2 Å². The van der Waals surface area contributed by atoms with Crippen LogP contribution in [0.25, 0.3) is 0 Å². The SMILES string of the molecule is C=C.NC(=O)C/C=C/CC(N)=O. The molecule has 0 atom stereocenters. The number of carbonyl (C=O) groups is 2. The van der Waals surface area contributed by atoms with Crippen LogP contribution < -0.4 is 11.5 Å². The van der Waals surface area contributed by atoms with Crippen molar-refractivity contribution in [1.29, 1.82) is 0 Å². The van der Waals surface area contributed by atoms with Crippen LogP contribution in [0.1, 0.15) is 12.8 Å².